The molecule has 0 amide bonds. The lowest BCUT2D eigenvalue weighted by Crippen LogP contribution is -2.23. The van der Waals surface area contributed by atoms with Crippen molar-refractivity contribution < 1.29 is 4.74 Å². The molecule has 2 aromatic rings. The predicted octanol–water partition coefficient (Wildman–Crippen LogP) is 4.10. The third kappa shape index (κ3) is 3.05. The molecule has 1 aliphatic rings. The average molecular weight is 287 g/mol. The van der Waals surface area contributed by atoms with Crippen molar-refractivity contribution in [1.29, 1.82) is 0 Å². The quantitative estimate of drug-likeness (QED) is 0.914. The van der Waals surface area contributed by atoms with Crippen LogP contribution in [0.5, 0.6) is 5.75 Å². The molecule has 1 aliphatic heterocycles. The summed E-state index contributed by atoms with van der Waals surface area (Å²) in [6.07, 6.45) is 3.37. The van der Waals surface area contributed by atoms with E-state index in [1.165, 1.54) is 16.7 Å². The molecule has 0 aliphatic carbocycles. The number of rotatable bonds is 4. The zero-order valence-electron chi connectivity index (χ0n) is 11.9. The number of ether oxygens (including phenoxy) is 1. The van der Waals surface area contributed by atoms with Gasteiger partial charge >= 0.3 is 0 Å². The van der Waals surface area contributed by atoms with Crippen molar-refractivity contribution in [3.05, 3.63) is 51.7 Å². The van der Waals surface area contributed by atoms with E-state index in [1.807, 2.05) is 0 Å². The van der Waals surface area contributed by atoms with Crippen LogP contribution in [0.3, 0.4) is 0 Å². The number of para-hydroxylation sites is 1. The monoisotopic (exact) mass is 287 g/mol. The van der Waals surface area contributed by atoms with Crippen LogP contribution in [0.25, 0.3) is 0 Å². The first kappa shape index (κ1) is 13.7. The molecule has 20 heavy (non-hydrogen) atoms. The maximum atomic E-state index is 5.92. The van der Waals surface area contributed by atoms with Crippen LogP contribution in [-0.2, 0) is 6.42 Å². The zero-order chi connectivity index (χ0) is 13.8. The van der Waals surface area contributed by atoms with Crippen molar-refractivity contribution in [2.45, 2.75) is 32.2 Å². The SMILES string of the molecule is Cc1cccc2c1OCCCC2NCCc1ccsc1. The molecule has 106 valence electrons. The molecule has 0 bridgehead atoms. The van der Waals surface area contributed by atoms with Crippen molar-refractivity contribution in [2.24, 2.45) is 0 Å². The molecule has 1 aromatic heterocycles. The number of hydrogen-bond donors (Lipinski definition) is 1. The second-order valence-corrected chi connectivity index (χ2v) is 6.15. The summed E-state index contributed by atoms with van der Waals surface area (Å²) in [5.74, 6) is 1.10. The summed E-state index contributed by atoms with van der Waals surface area (Å²) >= 11 is 1.77. The van der Waals surface area contributed by atoms with Gasteiger partial charge in [0.1, 0.15) is 5.75 Å². The Morgan fingerprint density at radius 1 is 1.35 bits per heavy atom. The Hall–Kier alpha value is -1.32. The van der Waals surface area contributed by atoms with Gasteiger partial charge in [0.05, 0.1) is 6.61 Å². The minimum atomic E-state index is 0.422. The smallest absolute Gasteiger partial charge is 0.126 e. The molecule has 3 rings (SSSR count). The molecule has 0 saturated carbocycles. The normalized spacial score (nSPS) is 18.1. The van der Waals surface area contributed by atoms with Crippen molar-refractivity contribution in [1.82, 2.24) is 5.32 Å². The Bertz CT molecular complexity index is 550. The topological polar surface area (TPSA) is 21.3 Å². The van der Waals surface area contributed by atoms with Crippen molar-refractivity contribution in [2.75, 3.05) is 13.2 Å². The van der Waals surface area contributed by atoms with Gasteiger partial charge in [-0.25, -0.2) is 0 Å². The maximum Gasteiger partial charge on any atom is 0.126 e. The minimum absolute atomic E-state index is 0.422. The molecular weight excluding hydrogens is 266 g/mol. The van der Waals surface area contributed by atoms with Gasteiger partial charge in [0.2, 0.25) is 0 Å². The molecule has 2 heterocycles. The lowest BCUT2D eigenvalue weighted by Gasteiger charge is -2.19. The third-order valence-electron chi connectivity index (χ3n) is 3.89. The van der Waals surface area contributed by atoms with Crippen molar-refractivity contribution >= 4 is 11.3 Å². The highest BCUT2D eigenvalue weighted by molar-refractivity contribution is 7.07. The van der Waals surface area contributed by atoms with Crippen LogP contribution in [0.4, 0.5) is 0 Å². The van der Waals surface area contributed by atoms with Crippen LogP contribution in [-0.4, -0.2) is 13.2 Å². The first-order valence-corrected chi connectivity index (χ1v) is 8.25. The Balaban J connectivity index is 1.68. The summed E-state index contributed by atoms with van der Waals surface area (Å²) < 4.78 is 5.92. The Morgan fingerprint density at radius 3 is 3.15 bits per heavy atom. The Kier molecular flexibility index (Phi) is 4.38. The van der Waals surface area contributed by atoms with Gasteiger partial charge in [-0.2, -0.15) is 11.3 Å². The second kappa shape index (κ2) is 6.42. The van der Waals surface area contributed by atoms with Gasteiger partial charge in [-0.3, -0.25) is 0 Å². The highest BCUT2D eigenvalue weighted by Crippen LogP contribution is 2.33. The van der Waals surface area contributed by atoms with E-state index in [-0.39, 0.29) is 0 Å². The van der Waals surface area contributed by atoms with E-state index in [9.17, 15) is 0 Å². The maximum absolute atomic E-state index is 5.92. The average Bonchev–Trinajstić information content (AvgIpc) is 2.87. The van der Waals surface area contributed by atoms with Crippen molar-refractivity contribution in [3.8, 4) is 5.75 Å². The third-order valence-corrected chi connectivity index (χ3v) is 4.62. The number of nitrogens with one attached hydrogen (secondary N) is 1. The van der Waals surface area contributed by atoms with E-state index in [1.54, 1.807) is 11.3 Å². The largest absolute Gasteiger partial charge is 0.493 e. The van der Waals surface area contributed by atoms with E-state index in [2.05, 4.69) is 47.3 Å². The lowest BCUT2D eigenvalue weighted by atomic mass is 9.99. The minimum Gasteiger partial charge on any atom is -0.493 e. The van der Waals surface area contributed by atoms with Gasteiger partial charge in [0.15, 0.2) is 0 Å². The molecular formula is C17H21NOS. The standard InChI is InChI=1S/C17H21NOS/c1-13-4-2-5-15-16(6-3-10-19-17(13)15)18-9-7-14-8-11-20-12-14/h2,4-5,8,11-12,16,18H,3,6-7,9-10H2,1H3. The Labute approximate surface area is 124 Å². The van der Waals surface area contributed by atoms with Crippen LogP contribution >= 0.6 is 11.3 Å². The summed E-state index contributed by atoms with van der Waals surface area (Å²) in [7, 11) is 0. The number of fused-ring (bicyclic) bond motifs is 1. The van der Waals surface area contributed by atoms with Crippen LogP contribution in [0.2, 0.25) is 0 Å². The van der Waals surface area contributed by atoms with E-state index in [0.717, 1.165) is 38.2 Å². The molecule has 3 heteroatoms. The number of thiophene rings is 1. The van der Waals surface area contributed by atoms with Gasteiger partial charge in [0.25, 0.3) is 0 Å². The summed E-state index contributed by atoms with van der Waals surface area (Å²) in [6.45, 7) is 3.99. The number of benzene rings is 1. The summed E-state index contributed by atoms with van der Waals surface area (Å²) in [5.41, 5.74) is 4.00. The fourth-order valence-electron chi connectivity index (χ4n) is 2.80. The number of hydrogen-bond acceptors (Lipinski definition) is 3. The van der Waals surface area contributed by atoms with Gasteiger partial charge in [0, 0.05) is 11.6 Å². The highest BCUT2D eigenvalue weighted by atomic mass is 32.1. The fourth-order valence-corrected chi connectivity index (χ4v) is 3.50. The second-order valence-electron chi connectivity index (χ2n) is 5.37. The molecule has 0 radical (unpaired) electrons. The van der Waals surface area contributed by atoms with E-state index >= 15 is 0 Å². The highest BCUT2D eigenvalue weighted by Gasteiger charge is 2.20. The van der Waals surface area contributed by atoms with Gasteiger partial charge in [-0.05, 0) is 60.7 Å². The van der Waals surface area contributed by atoms with E-state index < -0.39 is 0 Å². The molecule has 1 N–H and O–H groups in total. The Morgan fingerprint density at radius 2 is 2.30 bits per heavy atom. The first-order valence-electron chi connectivity index (χ1n) is 7.31. The molecule has 1 unspecified atom stereocenters. The van der Waals surface area contributed by atoms with Crippen LogP contribution in [0.15, 0.2) is 35.0 Å². The van der Waals surface area contributed by atoms with Crippen LogP contribution < -0.4 is 10.1 Å². The first-order chi connectivity index (χ1) is 9.84. The van der Waals surface area contributed by atoms with Gasteiger partial charge < -0.3 is 10.1 Å². The molecule has 1 atom stereocenters. The van der Waals surface area contributed by atoms with Crippen molar-refractivity contribution in [3.63, 3.8) is 0 Å². The fraction of sp³-hybridized carbons (Fsp3) is 0.412. The molecule has 1 aromatic carbocycles. The molecule has 0 fully saturated rings. The summed E-state index contributed by atoms with van der Waals surface area (Å²) in [6, 6.07) is 9.10. The van der Waals surface area contributed by atoms with Gasteiger partial charge in [-0.1, -0.05) is 18.2 Å². The lowest BCUT2D eigenvalue weighted by molar-refractivity contribution is 0.313. The molecule has 2 nitrogen and oxygen atoms in total. The number of aryl methyl sites for hydroxylation is 1. The zero-order valence-corrected chi connectivity index (χ0v) is 12.7. The van der Waals surface area contributed by atoms with Gasteiger partial charge in [-0.15, -0.1) is 0 Å². The predicted molar refractivity (Wildman–Crippen MR) is 84.7 cm³/mol. The van der Waals surface area contributed by atoms with E-state index in [4.69, 9.17) is 4.74 Å². The molecule has 0 saturated heterocycles. The molecule has 0 spiro atoms. The van der Waals surface area contributed by atoms with Crippen LogP contribution in [0, 0.1) is 6.92 Å². The summed E-state index contributed by atoms with van der Waals surface area (Å²) in [4.78, 5) is 0. The van der Waals surface area contributed by atoms with E-state index in [0.29, 0.717) is 6.04 Å². The summed E-state index contributed by atoms with van der Waals surface area (Å²) in [5, 5.41) is 8.09. The van der Waals surface area contributed by atoms with Crippen LogP contribution in [0.1, 0.15) is 35.6 Å².